The molecule has 0 spiro atoms. The Bertz CT molecular complexity index is 622. The van der Waals surface area contributed by atoms with Crippen LogP contribution in [0.3, 0.4) is 0 Å². The first-order valence-electron chi connectivity index (χ1n) is 7.74. The van der Waals surface area contributed by atoms with Gasteiger partial charge in [0.15, 0.2) is 0 Å². The van der Waals surface area contributed by atoms with Gasteiger partial charge in [-0.05, 0) is 37.9 Å². The molecule has 21 heavy (non-hydrogen) atoms. The fraction of sp³-hybridized carbons (Fsp3) is 0.500. The fourth-order valence-corrected chi connectivity index (χ4v) is 2.95. The van der Waals surface area contributed by atoms with E-state index < -0.39 is 0 Å². The second kappa shape index (κ2) is 6.26. The number of amides is 1. The van der Waals surface area contributed by atoms with Crippen LogP contribution in [0.4, 0.5) is 0 Å². The van der Waals surface area contributed by atoms with Crippen LogP contribution in [-0.2, 0) is 0 Å². The Morgan fingerprint density at radius 1 is 1.48 bits per heavy atom. The zero-order valence-corrected chi connectivity index (χ0v) is 12.5. The lowest BCUT2D eigenvalue weighted by Gasteiger charge is -2.33. The van der Waals surface area contributed by atoms with E-state index >= 15 is 0 Å². The molecule has 1 unspecified atom stereocenters. The molecule has 1 saturated heterocycles. The molecule has 2 aromatic rings. The van der Waals surface area contributed by atoms with Crippen LogP contribution >= 0.6 is 0 Å². The average Bonchev–Trinajstić information content (AvgIpc) is 2.96. The van der Waals surface area contributed by atoms with Crippen molar-refractivity contribution in [2.24, 2.45) is 0 Å². The molecule has 112 valence electrons. The molecule has 0 bridgehead atoms. The number of pyridine rings is 1. The number of piperidine rings is 1. The molecular weight excluding hydrogens is 264 g/mol. The van der Waals surface area contributed by atoms with Crippen LogP contribution in [0, 0.1) is 0 Å². The molecule has 2 aromatic heterocycles. The second-order valence-electron chi connectivity index (χ2n) is 5.63. The summed E-state index contributed by atoms with van der Waals surface area (Å²) in [7, 11) is 0. The number of fused-ring (bicyclic) bond motifs is 1. The van der Waals surface area contributed by atoms with Gasteiger partial charge in [0.1, 0.15) is 0 Å². The van der Waals surface area contributed by atoms with Crippen molar-refractivity contribution in [1.82, 2.24) is 19.8 Å². The van der Waals surface area contributed by atoms with Crippen molar-refractivity contribution in [3.05, 3.63) is 36.2 Å². The van der Waals surface area contributed by atoms with E-state index in [9.17, 15) is 4.79 Å². The Morgan fingerprint density at radius 2 is 2.38 bits per heavy atom. The highest BCUT2D eigenvalue weighted by Crippen LogP contribution is 2.17. The van der Waals surface area contributed by atoms with Gasteiger partial charge in [0, 0.05) is 25.3 Å². The van der Waals surface area contributed by atoms with E-state index in [1.54, 1.807) is 10.7 Å². The molecule has 0 saturated carbocycles. The lowest BCUT2D eigenvalue weighted by molar-refractivity contribution is 0.0697. The van der Waals surface area contributed by atoms with Gasteiger partial charge in [-0.15, -0.1) is 0 Å². The zero-order valence-electron chi connectivity index (χ0n) is 12.5. The standard InChI is InChI=1S/C16H22N4O/c1-2-8-17-13-6-5-9-19(12-13)16(21)14-11-18-20-10-4-3-7-15(14)20/h3-4,7,10-11,13,17H,2,5-6,8-9,12H2,1H3. The Labute approximate surface area is 124 Å². The molecule has 5 heteroatoms. The maximum atomic E-state index is 12.7. The molecule has 0 aromatic carbocycles. The fourth-order valence-electron chi connectivity index (χ4n) is 2.95. The summed E-state index contributed by atoms with van der Waals surface area (Å²) in [6, 6.07) is 6.22. The number of aromatic nitrogens is 2. The molecule has 0 radical (unpaired) electrons. The van der Waals surface area contributed by atoms with Crippen LogP contribution in [0.2, 0.25) is 0 Å². The highest BCUT2D eigenvalue weighted by atomic mass is 16.2. The Balaban J connectivity index is 1.75. The molecule has 1 fully saturated rings. The zero-order chi connectivity index (χ0) is 14.7. The predicted octanol–water partition coefficient (Wildman–Crippen LogP) is 1.94. The molecule has 1 amide bonds. The van der Waals surface area contributed by atoms with Crippen molar-refractivity contribution in [1.29, 1.82) is 0 Å². The van der Waals surface area contributed by atoms with Crippen molar-refractivity contribution in [3.8, 4) is 0 Å². The van der Waals surface area contributed by atoms with E-state index in [0.29, 0.717) is 11.6 Å². The molecule has 1 aliphatic rings. The first-order chi connectivity index (χ1) is 10.3. The molecule has 3 rings (SSSR count). The third-order valence-corrected chi connectivity index (χ3v) is 4.05. The summed E-state index contributed by atoms with van der Waals surface area (Å²) in [6.07, 6.45) is 6.89. The highest BCUT2D eigenvalue weighted by molar-refractivity contribution is 6.00. The van der Waals surface area contributed by atoms with Crippen molar-refractivity contribution >= 4 is 11.4 Å². The van der Waals surface area contributed by atoms with Gasteiger partial charge in [-0.3, -0.25) is 4.79 Å². The number of rotatable bonds is 4. The van der Waals surface area contributed by atoms with Gasteiger partial charge in [-0.2, -0.15) is 5.10 Å². The van der Waals surface area contributed by atoms with E-state index in [2.05, 4.69) is 17.3 Å². The maximum Gasteiger partial charge on any atom is 0.257 e. The summed E-state index contributed by atoms with van der Waals surface area (Å²) in [5.74, 6) is 0.0965. The number of nitrogens with zero attached hydrogens (tertiary/aromatic N) is 3. The highest BCUT2D eigenvalue weighted by Gasteiger charge is 2.25. The van der Waals surface area contributed by atoms with Crippen molar-refractivity contribution in [2.45, 2.75) is 32.2 Å². The minimum atomic E-state index is 0.0965. The lowest BCUT2D eigenvalue weighted by Crippen LogP contribution is -2.48. The number of nitrogens with one attached hydrogen (secondary N) is 1. The van der Waals surface area contributed by atoms with E-state index in [1.807, 2.05) is 29.3 Å². The van der Waals surface area contributed by atoms with E-state index in [4.69, 9.17) is 0 Å². The number of carbonyl (C=O) groups excluding carboxylic acids is 1. The third kappa shape index (κ3) is 2.93. The van der Waals surface area contributed by atoms with E-state index in [1.165, 1.54) is 0 Å². The lowest BCUT2D eigenvalue weighted by atomic mass is 10.0. The SMILES string of the molecule is CCCNC1CCCN(C(=O)c2cnn3ccccc23)C1. The Kier molecular flexibility index (Phi) is 4.20. The molecule has 1 N–H and O–H groups in total. The maximum absolute atomic E-state index is 12.7. The summed E-state index contributed by atoms with van der Waals surface area (Å²) in [5.41, 5.74) is 1.58. The number of hydrogen-bond donors (Lipinski definition) is 1. The summed E-state index contributed by atoms with van der Waals surface area (Å²) in [5, 5.41) is 7.78. The van der Waals surface area contributed by atoms with Crippen molar-refractivity contribution in [2.75, 3.05) is 19.6 Å². The molecule has 0 aliphatic carbocycles. The Morgan fingerprint density at radius 3 is 3.24 bits per heavy atom. The third-order valence-electron chi connectivity index (χ3n) is 4.05. The summed E-state index contributed by atoms with van der Waals surface area (Å²) in [4.78, 5) is 14.7. The van der Waals surface area contributed by atoms with Crippen LogP contribution in [0.15, 0.2) is 30.6 Å². The summed E-state index contributed by atoms with van der Waals surface area (Å²) in [6.45, 7) is 4.82. The van der Waals surface area contributed by atoms with Gasteiger partial charge in [-0.25, -0.2) is 4.52 Å². The van der Waals surface area contributed by atoms with Gasteiger partial charge in [-0.1, -0.05) is 13.0 Å². The molecule has 1 atom stereocenters. The predicted molar refractivity (Wildman–Crippen MR) is 82.4 cm³/mol. The molecule has 1 aliphatic heterocycles. The molecular formula is C16H22N4O. The van der Waals surface area contributed by atoms with Crippen LogP contribution in [0.1, 0.15) is 36.5 Å². The minimum absolute atomic E-state index is 0.0965. The van der Waals surface area contributed by atoms with Crippen LogP contribution in [0.25, 0.3) is 5.52 Å². The van der Waals surface area contributed by atoms with Crippen LogP contribution in [0.5, 0.6) is 0 Å². The quantitative estimate of drug-likeness (QED) is 0.934. The van der Waals surface area contributed by atoms with E-state index in [0.717, 1.165) is 44.4 Å². The largest absolute Gasteiger partial charge is 0.337 e. The monoisotopic (exact) mass is 286 g/mol. The van der Waals surface area contributed by atoms with Gasteiger partial charge in [0.25, 0.3) is 5.91 Å². The molecule has 3 heterocycles. The number of hydrogen-bond acceptors (Lipinski definition) is 3. The van der Waals surface area contributed by atoms with Crippen LogP contribution < -0.4 is 5.32 Å². The number of likely N-dealkylation sites (tertiary alicyclic amines) is 1. The van der Waals surface area contributed by atoms with Gasteiger partial charge < -0.3 is 10.2 Å². The summed E-state index contributed by atoms with van der Waals surface area (Å²) >= 11 is 0. The normalized spacial score (nSPS) is 19.1. The molecule has 5 nitrogen and oxygen atoms in total. The minimum Gasteiger partial charge on any atom is -0.337 e. The van der Waals surface area contributed by atoms with Gasteiger partial charge in [0.2, 0.25) is 0 Å². The van der Waals surface area contributed by atoms with Crippen LogP contribution in [-0.4, -0.2) is 46.1 Å². The average molecular weight is 286 g/mol. The second-order valence-corrected chi connectivity index (χ2v) is 5.63. The Hall–Kier alpha value is -1.88. The van der Waals surface area contributed by atoms with Gasteiger partial charge >= 0.3 is 0 Å². The first-order valence-corrected chi connectivity index (χ1v) is 7.74. The van der Waals surface area contributed by atoms with Crippen molar-refractivity contribution < 1.29 is 4.79 Å². The first kappa shape index (κ1) is 14.1. The van der Waals surface area contributed by atoms with Crippen molar-refractivity contribution in [3.63, 3.8) is 0 Å². The smallest absolute Gasteiger partial charge is 0.257 e. The van der Waals surface area contributed by atoms with E-state index in [-0.39, 0.29) is 5.91 Å². The van der Waals surface area contributed by atoms with Gasteiger partial charge in [0.05, 0.1) is 17.3 Å². The topological polar surface area (TPSA) is 49.6 Å². The summed E-state index contributed by atoms with van der Waals surface area (Å²) < 4.78 is 1.75. The number of carbonyl (C=O) groups is 1.